The van der Waals surface area contributed by atoms with E-state index in [1.807, 2.05) is 0 Å². The average Bonchev–Trinajstić information content (AvgIpc) is 2.39. The van der Waals surface area contributed by atoms with Gasteiger partial charge in [0.25, 0.3) is 0 Å². The predicted octanol–water partition coefficient (Wildman–Crippen LogP) is 2.73. The van der Waals surface area contributed by atoms with Crippen molar-refractivity contribution in [2.24, 2.45) is 0 Å². The van der Waals surface area contributed by atoms with Gasteiger partial charge in [-0.3, -0.25) is 0 Å². The van der Waals surface area contributed by atoms with E-state index in [4.69, 9.17) is 26.8 Å². The van der Waals surface area contributed by atoms with Gasteiger partial charge in [-0.25, -0.2) is 14.0 Å². The van der Waals surface area contributed by atoms with Crippen LogP contribution in [-0.4, -0.2) is 24.6 Å². The topological polar surface area (TPSA) is 78.6 Å². The summed E-state index contributed by atoms with van der Waals surface area (Å²) in [6.45, 7) is 6.82. The van der Waals surface area contributed by atoms with E-state index in [9.17, 15) is 14.0 Å². The Labute approximate surface area is 126 Å². The molecule has 7 heteroatoms. The van der Waals surface area contributed by atoms with E-state index in [0.717, 1.165) is 12.1 Å². The van der Waals surface area contributed by atoms with Crippen LogP contribution in [0.25, 0.3) is 0 Å². The molecule has 0 saturated heterocycles. The van der Waals surface area contributed by atoms with E-state index in [0.29, 0.717) is 0 Å². The van der Waals surface area contributed by atoms with Gasteiger partial charge in [0.15, 0.2) is 0 Å². The minimum atomic E-state index is -1.26. The molecule has 0 radical (unpaired) electrons. The molecule has 1 atom stereocenters. The third-order valence-corrected chi connectivity index (χ3v) is 2.79. The molecule has 0 amide bonds. The molecular formula is C14H15ClFNO4. The van der Waals surface area contributed by atoms with E-state index < -0.39 is 23.9 Å². The summed E-state index contributed by atoms with van der Waals surface area (Å²) in [7, 11) is 0. The van der Waals surface area contributed by atoms with Crippen LogP contribution in [0.15, 0.2) is 24.3 Å². The number of hydrogen-bond acceptors (Lipinski definition) is 5. The van der Waals surface area contributed by atoms with Crippen LogP contribution in [-0.2, 0) is 14.3 Å². The Morgan fingerprint density at radius 2 is 2.10 bits per heavy atom. The summed E-state index contributed by atoms with van der Waals surface area (Å²) in [5.74, 6) is -2.42. The van der Waals surface area contributed by atoms with E-state index >= 15 is 0 Å². The van der Waals surface area contributed by atoms with Crippen molar-refractivity contribution in [1.29, 1.82) is 0 Å². The smallest absolute Gasteiger partial charge is 0.351 e. The monoisotopic (exact) mass is 315 g/mol. The molecule has 0 fully saturated rings. The number of benzene rings is 1. The van der Waals surface area contributed by atoms with Crippen LogP contribution in [0, 0.1) is 5.82 Å². The number of carbonyl (C=O) groups excluding carboxylic acids is 2. The molecule has 0 saturated carbocycles. The molecule has 0 aliphatic carbocycles. The molecule has 0 aromatic heterocycles. The first-order valence-electron chi connectivity index (χ1n) is 6.05. The van der Waals surface area contributed by atoms with E-state index in [-0.39, 0.29) is 28.5 Å². The first-order chi connectivity index (χ1) is 9.77. The highest BCUT2D eigenvalue weighted by Crippen LogP contribution is 2.24. The fourth-order valence-corrected chi connectivity index (χ4v) is 1.69. The van der Waals surface area contributed by atoms with Crippen LogP contribution < -0.4 is 5.73 Å². The Kier molecular flexibility index (Phi) is 5.72. The van der Waals surface area contributed by atoms with Crippen LogP contribution in [0.3, 0.4) is 0 Å². The Balaban J connectivity index is 3.00. The highest BCUT2D eigenvalue weighted by molar-refractivity contribution is 6.33. The Morgan fingerprint density at radius 1 is 1.48 bits per heavy atom. The maximum Gasteiger partial charge on any atom is 0.351 e. The molecule has 1 rings (SSSR count). The second-order valence-electron chi connectivity index (χ2n) is 4.24. The molecule has 5 nitrogen and oxygen atoms in total. The Morgan fingerprint density at radius 3 is 2.62 bits per heavy atom. The van der Waals surface area contributed by atoms with Crippen molar-refractivity contribution < 1.29 is 23.5 Å². The third-order valence-electron chi connectivity index (χ3n) is 2.48. The minimum absolute atomic E-state index is 0.129. The maximum atomic E-state index is 13.2. The van der Waals surface area contributed by atoms with Crippen molar-refractivity contribution >= 4 is 29.2 Å². The van der Waals surface area contributed by atoms with Gasteiger partial charge in [0, 0.05) is 0 Å². The molecule has 1 unspecified atom stereocenters. The maximum absolute atomic E-state index is 13.2. The van der Waals surface area contributed by atoms with Crippen molar-refractivity contribution in [3.63, 3.8) is 0 Å². The highest BCUT2D eigenvalue weighted by Gasteiger charge is 2.27. The molecule has 21 heavy (non-hydrogen) atoms. The first-order valence-corrected chi connectivity index (χ1v) is 6.43. The fraction of sp³-hybridized carbons (Fsp3) is 0.286. The Bertz CT molecular complexity index is 589. The van der Waals surface area contributed by atoms with Gasteiger partial charge in [-0.15, -0.1) is 0 Å². The van der Waals surface area contributed by atoms with Crippen LogP contribution in [0.4, 0.5) is 10.1 Å². The minimum Gasteiger partial charge on any atom is -0.463 e. The van der Waals surface area contributed by atoms with Crippen LogP contribution >= 0.6 is 11.6 Å². The molecular weight excluding hydrogens is 301 g/mol. The van der Waals surface area contributed by atoms with Gasteiger partial charge in [-0.1, -0.05) is 18.2 Å². The van der Waals surface area contributed by atoms with Gasteiger partial charge in [-0.05, 0) is 31.6 Å². The summed E-state index contributed by atoms with van der Waals surface area (Å²) in [5.41, 5.74) is 5.26. The summed E-state index contributed by atoms with van der Waals surface area (Å²) in [6, 6.07) is 1.94. The van der Waals surface area contributed by atoms with Gasteiger partial charge < -0.3 is 15.2 Å². The molecule has 0 aliphatic rings. The molecule has 0 aliphatic heterocycles. The standard InChI is InChI=1S/C14H15ClFNO4/c1-4-20-14(19)12(7(2)3)21-13(18)8-5-11(17)10(16)6-9(8)15/h5-6,12H,2,4,17H2,1,3H3. The molecule has 1 aromatic carbocycles. The number of nitrogens with two attached hydrogens (primary N) is 1. The largest absolute Gasteiger partial charge is 0.463 e. The number of hydrogen-bond donors (Lipinski definition) is 1. The quantitative estimate of drug-likeness (QED) is 0.513. The lowest BCUT2D eigenvalue weighted by Crippen LogP contribution is -2.30. The van der Waals surface area contributed by atoms with Gasteiger partial charge in [0.1, 0.15) is 5.82 Å². The van der Waals surface area contributed by atoms with Crippen molar-refractivity contribution in [3.8, 4) is 0 Å². The lowest BCUT2D eigenvalue weighted by Gasteiger charge is -2.17. The van der Waals surface area contributed by atoms with E-state index in [2.05, 4.69) is 6.58 Å². The van der Waals surface area contributed by atoms with Crippen molar-refractivity contribution in [3.05, 3.63) is 40.7 Å². The highest BCUT2D eigenvalue weighted by atomic mass is 35.5. The van der Waals surface area contributed by atoms with Crippen molar-refractivity contribution in [2.45, 2.75) is 20.0 Å². The molecule has 0 bridgehead atoms. The second-order valence-corrected chi connectivity index (χ2v) is 4.64. The fourth-order valence-electron chi connectivity index (χ4n) is 1.46. The normalized spacial score (nSPS) is 11.6. The number of halogens is 2. The Hall–Kier alpha value is -2.08. The molecule has 2 N–H and O–H groups in total. The molecule has 0 spiro atoms. The zero-order valence-electron chi connectivity index (χ0n) is 11.6. The summed E-state index contributed by atoms with van der Waals surface area (Å²) in [6.07, 6.45) is -1.26. The van der Waals surface area contributed by atoms with Crippen LogP contribution in [0.1, 0.15) is 24.2 Å². The summed E-state index contributed by atoms with van der Waals surface area (Å²) < 4.78 is 23.0. The molecule has 1 aromatic rings. The van der Waals surface area contributed by atoms with E-state index in [1.54, 1.807) is 6.92 Å². The van der Waals surface area contributed by atoms with Crippen molar-refractivity contribution in [2.75, 3.05) is 12.3 Å². The zero-order valence-corrected chi connectivity index (χ0v) is 12.4. The predicted molar refractivity (Wildman–Crippen MR) is 76.5 cm³/mol. The third kappa shape index (κ3) is 4.19. The average molecular weight is 316 g/mol. The zero-order chi connectivity index (χ0) is 16.2. The number of ether oxygens (including phenoxy) is 2. The van der Waals surface area contributed by atoms with Crippen LogP contribution in [0.2, 0.25) is 5.02 Å². The van der Waals surface area contributed by atoms with Crippen LogP contribution in [0.5, 0.6) is 0 Å². The van der Waals surface area contributed by atoms with Gasteiger partial charge in [0.2, 0.25) is 6.10 Å². The van der Waals surface area contributed by atoms with Gasteiger partial charge >= 0.3 is 11.9 Å². The number of carbonyl (C=O) groups is 2. The van der Waals surface area contributed by atoms with Crippen molar-refractivity contribution in [1.82, 2.24) is 0 Å². The number of rotatable bonds is 5. The molecule has 114 valence electrons. The summed E-state index contributed by atoms with van der Waals surface area (Å²) in [5, 5.41) is -0.170. The SMILES string of the molecule is C=C(C)C(OC(=O)c1cc(N)c(F)cc1Cl)C(=O)OCC. The number of nitrogen functional groups attached to an aromatic ring is 1. The first kappa shape index (κ1) is 17.0. The summed E-state index contributed by atoms with van der Waals surface area (Å²) >= 11 is 5.77. The second kappa shape index (κ2) is 7.08. The number of esters is 2. The lowest BCUT2D eigenvalue weighted by atomic mass is 10.1. The summed E-state index contributed by atoms with van der Waals surface area (Å²) in [4.78, 5) is 23.7. The van der Waals surface area contributed by atoms with E-state index in [1.165, 1.54) is 6.92 Å². The number of anilines is 1. The van der Waals surface area contributed by atoms with Gasteiger partial charge in [-0.2, -0.15) is 0 Å². The molecule has 0 heterocycles. The van der Waals surface area contributed by atoms with Gasteiger partial charge in [0.05, 0.1) is 22.9 Å². The lowest BCUT2D eigenvalue weighted by molar-refractivity contribution is -0.151.